The van der Waals surface area contributed by atoms with Gasteiger partial charge in [-0.25, -0.2) is 0 Å². The lowest BCUT2D eigenvalue weighted by Gasteiger charge is -2.21. The van der Waals surface area contributed by atoms with E-state index >= 15 is 0 Å². The van der Waals surface area contributed by atoms with E-state index in [1.54, 1.807) is 7.11 Å². The molecule has 0 spiro atoms. The van der Waals surface area contributed by atoms with Crippen molar-refractivity contribution in [2.45, 2.75) is 57.2 Å². The number of rotatable bonds is 4. The lowest BCUT2D eigenvalue weighted by molar-refractivity contribution is -0.0106. The number of aliphatic hydroxyl groups excluding tert-OH is 1. The van der Waals surface area contributed by atoms with Gasteiger partial charge in [0.15, 0.2) is 0 Å². The van der Waals surface area contributed by atoms with Gasteiger partial charge in [0.2, 0.25) is 11.7 Å². The average molecular weight is 240 g/mol. The first-order chi connectivity index (χ1) is 8.10. The highest BCUT2D eigenvalue weighted by Crippen LogP contribution is 2.35. The number of aliphatic hydroxyl groups is 1. The van der Waals surface area contributed by atoms with Crippen molar-refractivity contribution >= 4 is 0 Å². The summed E-state index contributed by atoms with van der Waals surface area (Å²) in [5.74, 6) is 1.10. The summed E-state index contributed by atoms with van der Waals surface area (Å²) in [5, 5.41) is 13.8. The fraction of sp³-hybridized carbons (Fsp3) is 0.833. The van der Waals surface area contributed by atoms with E-state index in [-0.39, 0.29) is 12.0 Å². The van der Waals surface area contributed by atoms with Crippen LogP contribution in [0.5, 0.6) is 0 Å². The summed E-state index contributed by atoms with van der Waals surface area (Å²) in [4.78, 5) is 4.39. The Morgan fingerprint density at radius 2 is 2.29 bits per heavy atom. The van der Waals surface area contributed by atoms with Gasteiger partial charge in [-0.15, -0.1) is 0 Å². The van der Waals surface area contributed by atoms with E-state index in [1.165, 1.54) is 0 Å². The molecule has 0 aromatic carbocycles. The van der Waals surface area contributed by atoms with E-state index in [0.29, 0.717) is 11.7 Å². The zero-order valence-electron chi connectivity index (χ0n) is 10.6. The van der Waals surface area contributed by atoms with E-state index in [2.05, 4.69) is 10.1 Å². The zero-order chi connectivity index (χ0) is 12.5. The molecule has 3 atom stereocenters. The van der Waals surface area contributed by atoms with Crippen LogP contribution in [0.15, 0.2) is 4.52 Å². The Bertz CT molecular complexity index is 374. The Balaban J connectivity index is 2.21. The lowest BCUT2D eigenvalue weighted by Crippen LogP contribution is -2.25. The van der Waals surface area contributed by atoms with E-state index in [9.17, 15) is 5.11 Å². The first-order valence-corrected chi connectivity index (χ1v) is 6.18. The molecule has 1 aliphatic rings. The summed E-state index contributed by atoms with van der Waals surface area (Å²) in [6.45, 7) is 3.96. The van der Waals surface area contributed by atoms with Crippen LogP contribution in [0.4, 0.5) is 0 Å². The Morgan fingerprint density at radius 3 is 2.82 bits per heavy atom. The minimum Gasteiger partial charge on any atom is -0.392 e. The van der Waals surface area contributed by atoms with Crippen LogP contribution in [0.3, 0.4) is 0 Å². The molecular formula is C12H20N2O3. The number of nitrogens with zero attached hydrogens (tertiary/aromatic N) is 2. The van der Waals surface area contributed by atoms with Gasteiger partial charge in [0.1, 0.15) is 5.60 Å². The van der Waals surface area contributed by atoms with Gasteiger partial charge >= 0.3 is 0 Å². The normalized spacial score (nSPS) is 28.2. The summed E-state index contributed by atoms with van der Waals surface area (Å²) in [7, 11) is 1.64. The van der Waals surface area contributed by atoms with E-state index < -0.39 is 5.60 Å². The van der Waals surface area contributed by atoms with Crippen molar-refractivity contribution in [3.63, 3.8) is 0 Å². The molecule has 5 nitrogen and oxygen atoms in total. The average Bonchev–Trinajstić information content (AvgIpc) is 2.96. The third-order valence-corrected chi connectivity index (χ3v) is 3.84. The Hall–Kier alpha value is -0.940. The van der Waals surface area contributed by atoms with Crippen LogP contribution in [0.1, 0.15) is 57.2 Å². The topological polar surface area (TPSA) is 68.4 Å². The van der Waals surface area contributed by atoms with Crippen LogP contribution < -0.4 is 0 Å². The summed E-state index contributed by atoms with van der Waals surface area (Å²) < 4.78 is 10.7. The largest absolute Gasteiger partial charge is 0.392 e. The van der Waals surface area contributed by atoms with Crippen LogP contribution in [0.25, 0.3) is 0 Å². The molecule has 1 saturated carbocycles. The second-order valence-corrected chi connectivity index (χ2v) is 4.85. The highest BCUT2D eigenvalue weighted by molar-refractivity contribution is 5.05. The van der Waals surface area contributed by atoms with Crippen molar-refractivity contribution in [2.24, 2.45) is 0 Å². The summed E-state index contributed by atoms with van der Waals surface area (Å²) in [5.41, 5.74) is -0.509. The molecule has 1 aromatic heterocycles. The van der Waals surface area contributed by atoms with Crippen LogP contribution in [0.2, 0.25) is 0 Å². The maximum absolute atomic E-state index is 9.81. The quantitative estimate of drug-likeness (QED) is 0.871. The Kier molecular flexibility index (Phi) is 3.49. The summed E-state index contributed by atoms with van der Waals surface area (Å²) >= 11 is 0. The fourth-order valence-corrected chi connectivity index (χ4v) is 2.22. The molecule has 1 aromatic rings. The predicted octanol–water partition coefficient (Wildman–Crippen LogP) is 1.97. The van der Waals surface area contributed by atoms with E-state index in [0.717, 1.165) is 25.7 Å². The smallest absolute Gasteiger partial charge is 0.232 e. The van der Waals surface area contributed by atoms with Gasteiger partial charge in [0, 0.05) is 7.11 Å². The Morgan fingerprint density at radius 1 is 1.53 bits per heavy atom. The molecule has 2 rings (SSSR count). The van der Waals surface area contributed by atoms with Crippen LogP contribution in [-0.4, -0.2) is 28.5 Å². The molecule has 0 saturated heterocycles. The monoisotopic (exact) mass is 240 g/mol. The van der Waals surface area contributed by atoms with Crippen molar-refractivity contribution in [2.75, 3.05) is 7.11 Å². The van der Waals surface area contributed by atoms with Gasteiger partial charge in [0.25, 0.3) is 0 Å². The maximum atomic E-state index is 9.81. The SMILES string of the molecule is CCC(C)(OC)c1noc(C2CCCC2O)n1. The second-order valence-electron chi connectivity index (χ2n) is 4.85. The number of hydrogen-bond acceptors (Lipinski definition) is 5. The minimum absolute atomic E-state index is 0.00536. The molecule has 0 aliphatic heterocycles. The van der Waals surface area contributed by atoms with Gasteiger partial charge in [-0.3, -0.25) is 0 Å². The molecule has 1 aliphatic carbocycles. The van der Waals surface area contributed by atoms with Crippen molar-refractivity contribution < 1.29 is 14.4 Å². The van der Waals surface area contributed by atoms with Crippen LogP contribution in [-0.2, 0) is 10.3 Å². The predicted molar refractivity (Wildman–Crippen MR) is 61.5 cm³/mol. The summed E-state index contributed by atoms with van der Waals surface area (Å²) in [6.07, 6.45) is 3.17. The second kappa shape index (κ2) is 4.74. The maximum Gasteiger partial charge on any atom is 0.232 e. The zero-order valence-corrected chi connectivity index (χ0v) is 10.6. The van der Waals surface area contributed by atoms with Crippen LogP contribution >= 0.6 is 0 Å². The minimum atomic E-state index is -0.509. The van der Waals surface area contributed by atoms with Gasteiger partial charge in [-0.05, 0) is 32.6 Å². The third kappa shape index (κ3) is 2.21. The molecule has 0 bridgehead atoms. The first kappa shape index (κ1) is 12.5. The molecule has 17 heavy (non-hydrogen) atoms. The molecule has 1 N–H and O–H groups in total. The molecule has 1 fully saturated rings. The number of methoxy groups -OCH3 is 1. The number of aromatic nitrogens is 2. The Labute approximate surface area is 101 Å². The molecule has 5 heteroatoms. The van der Waals surface area contributed by atoms with Gasteiger partial charge in [0.05, 0.1) is 12.0 Å². The number of hydrogen-bond donors (Lipinski definition) is 1. The van der Waals surface area contributed by atoms with Gasteiger partial charge in [-0.2, -0.15) is 4.98 Å². The molecule has 0 radical (unpaired) electrons. The van der Waals surface area contributed by atoms with Gasteiger partial charge in [-0.1, -0.05) is 12.1 Å². The van der Waals surface area contributed by atoms with Crippen molar-refractivity contribution in [3.05, 3.63) is 11.7 Å². The standard InChI is InChI=1S/C12H20N2O3/c1-4-12(2,16-3)11-13-10(17-14-11)8-6-5-7-9(8)15/h8-9,15H,4-7H2,1-3H3. The highest BCUT2D eigenvalue weighted by Gasteiger charge is 2.35. The molecule has 1 heterocycles. The highest BCUT2D eigenvalue weighted by atomic mass is 16.5. The van der Waals surface area contributed by atoms with E-state index in [4.69, 9.17) is 9.26 Å². The van der Waals surface area contributed by atoms with Crippen molar-refractivity contribution in [1.29, 1.82) is 0 Å². The molecule has 96 valence electrons. The number of ether oxygens (including phenoxy) is 1. The van der Waals surface area contributed by atoms with E-state index in [1.807, 2.05) is 13.8 Å². The fourth-order valence-electron chi connectivity index (χ4n) is 2.22. The van der Waals surface area contributed by atoms with Crippen LogP contribution in [0, 0.1) is 0 Å². The molecule has 0 amide bonds. The molecule has 3 unspecified atom stereocenters. The van der Waals surface area contributed by atoms with Crippen molar-refractivity contribution in [3.8, 4) is 0 Å². The molecular weight excluding hydrogens is 220 g/mol. The van der Waals surface area contributed by atoms with Crippen molar-refractivity contribution in [1.82, 2.24) is 10.1 Å². The lowest BCUT2D eigenvalue weighted by atomic mass is 10.0. The first-order valence-electron chi connectivity index (χ1n) is 6.18. The third-order valence-electron chi connectivity index (χ3n) is 3.84. The van der Waals surface area contributed by atoms with Gasteiger partial charge < -0.3 is 14.4 Å². The summed E-state index contributed by atoms with van der Waals surface area (Å²) in [6, 6.07) is 0.